The Hall–Kier alpha value is -1.85. The molecule has 0 unspecified atom stereocenters. The van der Waals surface area contributed by atoms with Crippen LogP contribution in [0.4, 0.5) is 0 Å². The number of aliphatic carboxylic acids is 1. The molecule has 1 saturated carbocycles. The lowest BCUT2D eigenvalue weighted by molar-refractivity contribution is -0.154. The minimum Gasteiger partial charge on any atom is -0.481 e. The molecule has 0 aromatic carbocycles. The number of hydrogen-bond acceptors (Lipinski definition) is 3. The molecule has 21 heavy (non-hydrogen) atoms. The molecule has 116 valence electrons. The number of nitrogens with one attached hydrogen (secondary N) is 1. The summed E-state index contributed by atoms with van der Waals surface area (Å²) in [6.45, 7) is 1.30. The van der Waals surface area contributed by atoms with Gasteiger partial charge in [-0.1, -0.05) is 19.3 Å². The summed E-state index contributed by atoms with van der Waals surface area (Å²) in [6, 6.07) is 1.86. The quantitative estimate of drug-likeness (QED) is 0.751. The zero-order valence-electron chi connectivity index (χ0n) is 12.3. The molecule has 1 aromatic heterocycles. The van der Waals surface area contributed by atoms with Gasteiger partial charge in [0.05, 0.1) is 5.41 Å². The fourth-order valence-corrected chi connectivity index (χ4v) is 2.97. The van der Waals surface area contributed by atoms with Crippen molar-refractivity contribution in [1.82, 2.24) is 15.1 Å². The molecular weight excluding hydrogens is 270 g/mol. The molecule has 0 bridgehead atoms. The fraction of sp³-hybridized carbons (Fsp3) is 0.667. The number of rotatable bonds is 7. The lowest BCUT2D eigenvalue weighted by Gasteiger charge is -2.32. The van der Waals surface area contributed by atoms with Gasteiger partial charge in [-0.3, -0.25) is 14.3 Å². The molecule has 6 heteroatoms. The van der Waals surface area contributed by atoms with Crippen molar-refractivity contribution in [2.24, 2.45) is 5.41 Å². The van der Waals surface area contributed by atoms with E-state index in [0.717, 1.165) is 32.2 Å². The Morgan fingerprint density at radius 2 is 2.05 bits per heavy atom. The highest BCUT2D eigenvalue weighted by Gasteiger charge is 2.41. The Bertz CT molecular complexity index is 465. The molecule has 2 rings (SSSR count). The Morgan fingerprint density at radius 3 is 2.67 bits per heavy atom. The van der Waals surface area contributed by atoms with Crippen LogP contribution in [0.25, 0.3) is 0 Å². The molecule has 2 N–H and O–H groups in total. The smallest absolute Gasteiger partial charge is 0.310 e. The fourth-order valence-electron chi connectivity index (χ4n) is 2.97. The Morgan fingerprint density at radius 1 is 1.29 bits per heavy atom. The van der Waals surface area contributed by atoms with Gasteiger partial charge in [0.15, 0.2) is 0 Å². The van der Waals surface area contributed by atoms with Gasteiger partial charge in [0.1, 0.15) is 0 Å². The molecule has 0 atom stereocenters. The SMILES string of the molecule is O=C(CC1(C(=O)O)CCCCC1)NCCCn1cccn1. The van der Waals surface area contributed by atoms with Gasteiger partial charge in [-0.2, -0.15) is 5.10 Å². The predicted octanol–water partition coefficient (Wildman–Crippen LogP) is 1.81. The summed E-state index contributed by atoms with van der Waals surface area (Å²) < 4.78 is 1.81. The average molecular weight is 293 g/mol. The van der Waals surface area contributed by atoms with Gasteiger partial charge in [-0.25, -0.2) is 0 Å². The van der Waals surface area contributed by atoms with Crippen LogP contribution >= 0.6 is 0 Å². The largest absolute Gasteiger partial charge is 0.481 e. The summed E-state index contributed by atoms with van der Waals surface area (Å²) >= 11 is 0. The van der Waals surface area contributed by atoms with Crippen molar-refractivity contribution in [3.8, 4) is 0 Å². The van der Waals surface area contributed by atoms with Crippen LogP contribution in [0.5, 0.6) is 0 Å². The number of carboxylic acid groups (broad SMARTS) is 1. The lowest BCUT2D eigenvalue weighted by Crippen LogP contribution is -2.39. The molecule has 0 radical (unpaired) electrons. The van der Waals surface area contributed by atoms with Crippen molar-refractivity contribution in [3.05, 3.63) is 18.5 Å². The number of carbonyl (C=O) groups excluding carboxylic acids is 1. The highest BCUT2D eigenvalue weighted by atomic mass is 16.4. The molecule has 1 heterocycles. The Kier molecular flexibility index (Phi) is 5.36. The first-order valence-electron chi connectivity index (χ1n) is 7.60. The van der Waals surface area contributed by atoms with E-state index in [1.165, 1.54) is 0 Å². The van der Waals surface area contributed by atoms with E-state index in [-0.39, 0.29) is 12.3 Å². The van der Waals surface area contributed by atoms with Gasteiger partial charge in [0, 0.05) is 31.9 Å². The zero-order chi connectivity index (χ0) is 15.1. The predicted molar refractivity (Wildman–Crippen MR) is 77.6 cm³/mol. The van der Waals surface area contributed by atoms with Gasteiger partial charge in [0.25, 0.3) is 0 Å². The van der Waals surface area contributed by atoms with Crippen molar-refractivity contribution in [3.63, 3.8) is 0 Å². The normalized spacial score (nSPS) is 17.3. The van der Waals surface area contributed by atoms with E-state index in [2.05, 4.69) is 10.4 Å². The molecule has 1 fully saturated rings. The molecule has 1 aliphatic rings. The Balaban J connectivity index is 1.73. The van der Waals surface area contributed by atoms with Crippen LogP contribution in [0.1, 0.15) is 44.9 Å². The van der Waals surface area contributed by atoms with Crippen LogP contribution in [-0.2, 0) is 16.1 Å². The van der Waals surface area contributed by atoms with Gasteiger partial charge >= 0.3 is 5.97 Å². The van der Waals surface area contributed by atoms with E-state index in [9.17, 15) is 14.7 Å². The third kappa shape index (κ3) is 4.31. The van der Waals surface area contributed by atoms with E-state index in [1.54, 1.807) is 6.20 Å². The first-order chi connectivity index (χ1) is 10.1. The van der Waals surface area contributed by atoms with Crippen LogP contribution in [0.3, 0.4) is 0 Å². The minimum absolute atomic E-state index is 0.101. The molecule has 6 nitrogen and oxygen atoms in total. The summed E-state index contributed by atoms with van der Waals surface area (Å²) in [5, 5.41) is 16.4. The van der Waals surface area contributed by atoms with Crippen LogP contribution in [0.2, 0.25) is 0 Å². The third-order valence-electron chi connectivity index (χ3n) is 4.21. The number of carbonyl (C=O) groups is 2. The highest BCUT2D eigenvalue weighted by molar-refractivity contribution is 5.85. The summed E-state index contributed by atoms with van der Waals surface area (Å²) in [5.74, 6) is -0.978. The maximum atomic E-state index is 12.0. The van der Waals surface area contributed by atoms with Gasteiger partial charge in [-0.05, 0) is 25.3 Å². The maximum Gasteiger partial charge on any atom is 0.310 e. The zero-order valence-corrected chi connectivity index (χ0v) is 12.3. The van der Waals surface area contributed by atoms with Crippen molar-refractivity contribution in [2.45, 2.75) is 51.5 Å². The molecule has 0 spiro atoms. The van der Waals surface area contributed by atoms with Crippen LogP contribution in [0, 0.1) is 5.41 Å². The van der Waals surface area contributed by atoms with Crippen LogP contribution < -0.4 is 5.32 Å². The monoisotopic (exact) mass is 293 g/mol. The molecule has 1 aliphatic carbocycles. The van der Waals surface area contributed by atoms with Crippen molar-refractivity contribution < 1.29 is 14.7 Å². The van der Waals surface area contributed by atoms with Crippen molar-refractivity contribution in [2.75, 3.05) is 6.54 Å². The number of aryl methyl sites for hydroxylation is 1. The average Bonchev–Trinajstić information content (AvgIpc) is 2.98. The number of amides is 1. The highest BCUT2D eigenvalue weighted by Crippen LogP contribution is 2.39. The number of nitrogens with zero attached hydrogens (tertiary/aromatic N) is 2. The van der Waals surface area contributed by atoms with Gasteiger partial charge < -0.3 is 10.4 Å². The van der Waals surface area contributed by atoms with Gasteiger partial charge in [-0.15, -0.1) is 0 Å². The number of carboxylic acids is 1. The second-order valence-electron chi connectivity index (χ2n) is 5.80. The van der Waals surface area contributed by atoms with Crippen molar-refractivity contribution in [1.29, 1.82) is 0 Å². The minimum atomic E-state index is -0.843. The second kappa shape index (κ2) is 7.24. The second-order valence-corrected chi connectivity index (χ2v) is 5.80. The summed E-state index contributed by atoms with van der Waals surface area (Å²) in [5.41, 5.74) is -0.843. The van der Waals surface area contributed by atoms with E-state index < -0.39 is 11.4 Å². The summed E-state index contributed by atoms with van der Waals surface area (Å²) in [4.78, 5) is 23.5. The van der Waals surface area contributed by atoms with Gasteiger partial charge in [0.2, 0.25) is 5.91 Å². The molecule has 0 saturated heterocycles. The standard InChI is InChI=1S/C15H23N3O3/c19-13(16-8-4-10-18-11-5-9-17-18)12-15(14(20)21)6-2-1-3-7-15/h5,9,11H,1-4,6-8,10,12H2,(H,16,19)(H,20,21). The first kappa shape index (κ1) is 15.5. The molecular formula is C15H23N3O3. The number of aromatic nitrogens is 2. The number of hydrogen-bond donors (Lipinski definition) is 2. The molecule has 1 amide bonds. The Labute approximate surface area is 124 Å². The topological polar surface area (TPSA) is 84.2 Å². The summed E-state index contributed by atoms with van der Waals surface area (Å²) in [7, 11) is 0. The maximum absolute atomic E-state index is 12.0. The third-order valence-corrected chi connectivity index (χ3v) is 4.21. The van der Waals surface area contributed by atoms with E-state index >= 15 is 0 Å². The van der Waals surface area contributed by atoms with E-state index in [1.807, 2.05) is 16.9 Å². The summed E-state index contributed by atoms with van der Waals surface area (Å²) in [6.07, 6.45) is 8.59. The molecule has 1 aromatic rings. The lowest BCUT2D eigenvalue weighted by atomic mass is 9.71. The van der Waals surface area contributed by atoms with E-state index in [0.29, 0.717) is 19.4 Å². The van der Waals surface area contributed by atoms with E-state index in [4.69, 9.17) is 0 Å². The first-order valence-corrected chi connectivity index (χ1v) is 7.60. The molecule has 0 aliphatic heterocycles. The van der Waals surface area contributed by atoms with Crippen LogP contribution in [-0.4, -0.2) is 33.3 Å². The van der Waals surface area contributed by atoms with Crippen LogP contribution in [0.15, 0.2) is 18.5 Å². The van der Waals surface area contributed by atoms with Crippen molar-refractivity contribution >= 4 is 11.9 Å².